The van der Waals surface area contributed by atoms with E-state index in [1.54, 1.807) is 18.2 Å². The SMILES string of the molecule is O=C1NC(Nc2ccccc2F)S/C1=C\c1cc(I)c(OCc2ccccc2)c(I)c1. The Morgan fingerprint density at radius 2 is 1.74 bits per heavy atom. The number of benzene rings is 3. The number of anilines is 1. The summed E-state index contributed by atoms with van der Waals surface area (Å²) in [6.45, 7) is 0.495. The van der Waals surface area contributed by atoms with Gasteiger partial charge in [-0.05, 0) is 86.7 Å². The molecule has 1 aliphatic rings. The first-order valence-corrected chi connectivity index (χ1v) is 12.4. The van der Waals surface area contributed by atoms with Crippen molar-refractivity contribution in [1.82, 2.24) is 5.32 Å². The van der Waals surface area contributed by atoms with E-state index in [0.717, 1.165) is 24.0 Å². The smallest absolute Gasteiger partial charge is 0.260 e. The molecule has 0 spiro atoms. The molecule has 3 aromatic carbocycles. The minimum atomic E-state index is -0.428. The maximum atomic E-state index is 13.9. The Bertz CT molecular complexity index is 1120. The van der Waals surface area contributed by atoms with Crippen molar-refractivity contribution in [3.8, 4) is 5.75 Å². The Labute approximate surface area is 211 Å². The number of ether oxygens (including phenoxy) is 1. The van der Waals surface area contributed by atoms with Crippen LogP contribution >= 0.6 is 56.9 Å². The van der Waals surface area contributed by atoms with Crippen molar-refractivity contribution in [3.05, 3.63) is 95.7 Å². The van der Waals surface area contributed by atoms with Crippen molar-refractivity contribution < 1.29 is 13.9 Å². The van der Waals surface area contributed by atoms with Crippen LogP contribution in [0.15, 0.2) is 71.6 Å². The quantitative estimate of drug-likeness (QED) is 0.245. The maximum absolute atomic E-state index is 13.9. The van der Waals surface area contributed by atoms with E-state index in [9.17, 15) is 9.18 Å². The van der Waals surface area contributed by atoms with Gasteiger partial charge < -0.3 is 15.4 Å². The fraction of sp³-hybridized carbons (Fsp3) is 0.0870. The highest BCUT2D eigenvalue weighted by molar-refractivity contribution is 14.1. The number of amides is 1. The number of nitrogens with one attached hydrogen (secondary N) is 2. The summed E-state index contributed by atoms with van der Waals surface area (Å²) in [6.07, 6.45) is 1.84. The van der Waals surface area contributed by atoms with E-state index in [1.165, 1.54) is 17.8 Å². The topological polar surface area (TPSA) is 50.4 Å². The van der Waals surface area contributed by atoms with Crippen LogP contribution in [0.25, 0.3) is 6.08 Å². The van der Waals surface area contributed by atoms with Gasteiger partial charge in [-0.3, -0.25) is 4.79 Å². The Kier molecular flexibility index (Phi) is 7.39. The summed E-state index contributed by atoms with van der Waals surface area (Å²) in [7, 11) is 0. The summed E-state index contributed by atoms with van der Waals surface area (Å²) < 4.78 is 21.8. The van der Waals surface area contributed by atoms with Crippen molar-refractivity contribution in [3.63, 3.8) is 0 Å². The molecule has 0 aromatic heterocycles. The highest BCUT2D eigenvalue weighted by Gasteiger charge is 2.27. The number of hydrogen-bond donors (Lipinski definition) is 2. The minimum Gasteiger partial charge on any atom is -0.487 e. The molecule has 31 heavy (non-hydrogen) atoms. The summed E-state index contributed by atoms with van der Waals surface area (Å²) in [6, 6.07) is 20.4. The molecule has 0 saturated carbocycles. The van der Waals surface area contributed by atoms with E-state index in [4.69, 9.17) is 4.74 Å². The molecule has 0 radical (unpaired) electrons. The van der Waals surface area contributed by atoms with Crippen molar-refractivity contribution in [1.29, 1.82) is 0 Å². The third kappa shape index (κ3) is 5.72. The van der Waals surface area contributed by atoms with Gasteiger partial charge in [0.05, 0.1) is 17.7 Å². The zero-order valence-corrected chi connectivity index (χ0v) is 21.2. The summed E-state index contributed by atoms with van der Waals surface area (Å²) >= 11 is 5.82. The van der Waals surface area contributed by atoms with Gasteiger partial charge in [0.1, 0.15) is 18.2 Å². The number of halogens is 3. The highest BCUT2D eigenvalue weighted by Crippen LogP contribution is 2.34. The van der Waals surface area contributed by atoms with E-state index in [0.29, 0.717) is 17.2 Å². The lowest BCUT2D eigenvalue weighted by Crippen LogP contribution is -2.31. The fourth-order valence-electron chi connectivity index (χ4n) is 2.97. The molecule has 4 nitrogen and oxygen atoms in total. The Hall–Kier alpha value is -1.79. The normalized spacial score (nSPS) is 16.9. The number of carbonyl (C=O) groups is 1. The molecule has 1 heterocycles. The van der Waals surface area contributed by atoms with Crippen LogP contribution in [-0.2, 0) is 11.4 Å². The second-order valence-electron chi connectivity index (χ2n) is 6.69. The standard InChI is InChI=1S/C23H17FI2N2O2S/c24-16-8-4-5-9-19(16)27-23-28-22(29)20(31-23)12-15-10-17(25)21(18(26)11-15)30-13-14-6-2-1-3-7-14/h1-12,23,27H,13H2,(H,28,29)/b20-12-. The van der Waals surface area contributed by atoms with Gasteiger partial charge in [-0.25, -0.2) is 4.39 Å². The molecular formula is C23H17FI2N2O2S. The van der Waals surface area contributed by atoms with Gasteiger partial charge in [-0.15, -0.1) is 0 Å². The lowest BCUT2D eigenvalue weighted by Gasteiger charge is -2.13. The second-order valence-corrected chi connectivity index (χ2v) is 10.2. The average Bonchev–Trinajstić information content (AvgIpc) is 3.08. The van der Waals surface area contributed by atoms with E-state index in [2.05, 4.69) is 55.8 Å². The van der Waals surface area contributed by atoms with Crippen LogP contribution in [0.5, 0.6) is 5.75 Å². The minimum absolute atomic E-state index is 0.187. The molecule has 3 aromatic rings. The molecule has 1 unspecified atom stereocenters. The molecule has 1 atom stereocenters. The van der Waals surface area contributed by atoms with Gasteiger partial charge in [-0.1, -0.05) is 54.2 Å². The molecular weight excluding hydrogens is 641 g/mol. The van der Waals surface area contributed by atoms with E-state index >= 15 is 0 Å². The Balaban J connectivity index is 1.47. The van der Waals surface area contributed by atoms with Crippen molar-refractivity contribution >= 4 is 74.6 Å². The number of rotatable bonds is 6. The van der Waals surface area contributed by atoms with Crippen LogP contribution in [-0.4, -0.2) is 11.4 Å². The van der Waals surface area contributed by atoms with E-state index in [-0.39, 0.29) is 11.7 Å². The average molecular weight is 658 g/mol. The molecule has 1 saturated heterocycles. The largest absolute Gasteiger partial charge is 0.487 e. The van der Waals surface area contributed by atoms with E-state index < -0.39 is 5.50 Å². The van der Waals surface area contributed by atoms with Crippen LogP contribution in [0.3, 0.4) is 0 Å². The lowest BCUT2D eigenvalue weighted by molar-refractivity contribution is -0.116. The van der Waals surface area contributed by atoms with Crippen LogP contribution in [0.2, 0.25) is 0 Å². The molecule has 1 amide bonds. The number of carbonyl (C=O) groups excluding carboxylic acids is 1. The van der Waals surface area contributed by atoms with Gasteiger partial charge in [-0.2, -0.15) is 0 Å². The van der Waals surface area contributed by atoms with Gasteiger partial charge in [0.25, 0.3) is 5.91 Å². The zero-order chi connectivity index (χ0) is 21.8. The predicted molar refractivity (Wildman–Crippen MR) is 140 cm³/mol. The number of thioether (sulfide) groups is 1. The first kappa shape index (κ1) is 22.4. The maximum Gasteiger partial charge on any atom is 0.260 e. The fourth-order valence-corrected chi connectivity index (χ4v) is 6.07. The summed E-state index contributed by atoms with van der Waals surface area (Å²) in [5.74, 6) is 0.285. The van der Waals surface area contributed by atoms with Crippen molar-refractivity contribution in [2.75, 3.05) is 5.32 Å². The summed E-state index contributed by atoms with van der Waals surface area (Å²) in [5, 5.41) is 5.84. The molecule has 1 fully saturated rings. The number of para-hydroxylation sites is 1. The summed E-state index contributed by atoms with van der Waals surface area (Å²) in [5.41, 5.74) is 1.94. The van der Waals surface area contributed by atoms with Gasteiger partial charge in [0.15, 0.2) is 5.50 Å². The number of hydrogen-bond acceptors (Lipinski definition) is 4. The Morgan fingerprint density at radius 1 is 1.06 bits per heavy atom. The molecule has 0 aliphatic carbocycles. The highest BCUT2D eigenvalue weighted by atomic mass is 127. The third-order valence-electron chi connectivity index (χ3n) is 4.44. The molecule has 0 bridgehead atoms. The molecule has 1 aliphatic heterocycles. The molecule has 158 valence electrons. The van der Waals surface area contributed by atoms with Crippen LogP contribution < -0.4 is 15.4 Å². The van der Waals surface area contributed by atoms with Crippen LogP contribution in [0, 0.1) is 13.0 Å². The first-order chi connectivity index (χ1) is 15.0. The van der Waals surface area contributed by atoms with Crippen LogP contribution in [0.1, 0.15) is 11.1 Å². The van der Waals surface area contributed by atoms with E-state index in [1.807, 2.05) is 48.5 Å². The van der Waals surface area contributed by atoms with Crippen LogP contribution in [0.4, 0.5) is 10.1 Å². The van der Waals surface area contributed by atoms with Gasteiger partial charge >= 0.3 is 0 Å². The summed E-state index contributed by atoms with van der Waals surface area (Å²) in [4.78, 5) is 13.0. The molecule has 8 heteroatoms. The van der Waals surface area contributed by atoms with Crippen molar-refractivity contribution in [2.24, 2.45) is 0 Å². The predicted octanol–water partition coefficient (Wildman–Crippen LogP) is 6.21. The third-order valence-corrected chi connectivity index (χ3v) is 7.07. The molecule has 2 N–H and O–H groups in total. The first-order valence-electron chi connectivity index (χ1n) is 9.35. The molecule has 4 rings (SSSR count). The Morgan fingerprint density at radius 3 is 2.45 bits per heavy atom. The monoisotopic (exact) mass is 658 g/mol. The van der Waals surface area contributed by atoms with Gasteiger partial charge in [0.2, 0.25) is 0 Å². The zero-order valence-electron chi connectivity index (χ0n) is 16.1. The van der Waals surface area contributed by atoms with Crippen molar-refractivity contribution in [2.45, 2.75) is 12.1 Å². The van der Waals surface area contributed by atoms with Gasteiger partial charge in [0, 0.05) is 0 Å². The second kappa shape index (κ2) is 10.2. The lowest BCUT2D eigenvalue weighted by atomic mass is 10.2.